The summed E-state index contributed by atoms with van der Waals surface area (Å²) in [4.78, 5) is 12.4. The molecule has 0 atom stereocenters. The molecule has 0 saturated heterocycles. The average molecular weight is 445 g/mol. The molecule has 32 heavy (non-hydrogen) atoms. The number of hydrogen-bond acceptors (Lipinski definition) is 5. The Balaban J connectivity index is 1.29. The van der Waals surface area contributed by atoms with Crippen molar-refractivity contribution >= 4 is 23.4 Å². The fourth-order valence-electron chi connectivity index (χ4n) is 3.15. The number of anilines is 1. The number of ether oxygens (including phenoxy) is 1. The highest BCUT2D eigenvalue weighted by atomic mass is 32.2. The van der Waals surface area contributed by atoms with Crippen molar-refractivity contribution in [3.05, 3.63) is 95.8 Å². The van der Waals surface area contributed by atoms with Crippen molar-refractivity contribution in [2.75, 3.05) is 11.1 Å². The number of benzene rings is 3. The van der Waals surface area contributed by atoms with Gasteiger partial charge in [0.15, 0.2) is 5.16 Å². The molecule has 0 aliphatic heterocycles. The van der Waals surface area contributed by atoms with Gasteiger partial charge in [0, 0.05) is 19.2 Å². The number of thioether (sulfide) groups is 1. The molecule has 4 rings (SSSR count). The van der Waals surface area contributed by atoms with Gasteiger partial charge in [0.25, 0.3) is 0 Å². The predicted molar refractivity (Wildman–Crippen MR) is 127 cm³/mol. The molecule has 0 unspecified atom stereocenters. The van der Waals surface area contributed by atoms with Crippen molar-refractivity contribution < 1.29 is 9.53 Å². The zero-order valence-electron chi connectivity index (χ0n) is 18.0. The molecule has 1 heterocycles. The van der Waals surface area contributed by atoms with Crippen LogP contribution in [0, 0.1) is 6.92 Å². The van der Waals surface area contributed by atoms with Gasteiger partial charge in [-0.2, -0.15) is 0 Å². The van der Waals surface area contributed by atoms with Crippen LogP contribution in [0.1, 0.15) is 17.0 Å². The molecule has 0 spiro atoms. The first-order valence-electron chi connectivity index (χ1n) is 10.3. The van der Waals surface area contributed by atoms with Crippen LogP contribution in [0.25, 0.3) is 0 Å². The SMILES string of the molecule is Cc1cccc(Oc2ccc(NC(=O)CSc3nnc(Cc4ccccc4)n3C)cc2)c1. The van der Waals surface area contributed by atoms with E-state index in [2.05, 4.69) is 27.6 Å². The quantitative estimate of drug-likeness (QED) is 0.377. The summed E-state index contributed by atoms with van der Waals surface area (Å²) in [6.07, 6.45) is 0.702. The monoisotopic (exact) mass is 444 g/mol. The highest BCUT2D eigenvalue weighted by Crippen LogP contribution is 2.24. The second kappa shape index (κ2) is 10.2. The summed E-state index contributed by atoms with van der Waals surface area (Å²) in [6, 6.07) is 25.3. The zero-order valence-corrected chi connectivity index (χ0v) is 18.8. The Kier molecular flexibility index (Phi) is 6.87. The molecule has 162 valence electrons. The number of aryl methyl sites for hydroxylation is 1. The molecule has 0 aliphatic rings. The lowest BCUT2D eigenvalue weighted by atomic mass is 10.1. The van der Waals surface area contributed by atoms with E-state index in [0.717, 1.165) is 22.8 Å². The molecule has 6 nitrogen and oxygen atoms in total. The number of aromatic nitrogens is 3. The van der Waals surface area contributed by atoms with Gasteiger partial charge in [-0.15, -0.1) is 10.2 Å². The molecule has 0 fully saturated rings. The van der Waals surface area contributed by atoms with Gasteiger partial charge in [-0.25, -0.2) is 0 Å². The molecule has 3 aromatic carbocycles. The lowest BCUT2D eigenvalue weighted by Gasteiger charge is -2.09. The van der Waals surface area contributed by atoms with Gasteiger partial charge >= 0.3 is 0 Å². The predicted octanol–water partition coefficient (Wildman–Crippen LogP) is 5.24. The van der Waals surface area contributed by atoms with Crippen molar-refractivity contribution in [3.8, 4) is 11.5 Å². The minimum absolute atomic E-state index is 0.102. The maximum atomic E-state index is 12.4. The summed E-state index contributed by atoms with van der Waals surface area (Å²) in [7, 11) is 1.92. The maximum Gasteiger partial charge on any atom is 0.234 e. The highest BCUT2D eigenvalue weighted by Gasteiger charge is 2.12. The van der Waals surface area contributed by atoms with Crippen LogP contribution in [0.5, 0.6) is 11.5 Å². The Hall–Kier alpha value is -3.58. The molecular formula is C25H24N4O2S. The summed E-state index contributed by atoms with van der Waals surface area (Å²) >= 11 is 1.36. The molecule has 7 heteroatoms. The smallest absolute Gasteiger partial charge is 0.234 e. The van der Waals surface area contributed by atoms with E-state index >= 15 is 0 Å². The fourth-order valence-corrected chi connectivity index (χ4v) is 3.88. The van der Waals surface area contributed by atoms with Crippen LogP contribution in [-0.2, 0) is 18.3 Å². The minimum Gasteiger partial charge on any atom is -0.457 e. The number of carbonyl (C=O) groups is 1. The molecular weight excluding hydrogens is 420 g/mol. The van der Waals surface area contributed by atoms with Gasteiger partial charge in [0.1, 0.15) is 17.3 Å². The molecule has 0 saturated carbocycles. The van der Waals surface area contributed by atoms with E-state index in [9.17, 15) is 4.79 Å². The van der Waals surface area contributed by atoms with Crippen LogP contribution in [-0.4, -0.2) is 26.4 Å². The first-order valence-corrected chi connectivity index (χ1v) is 11.2. The van der Waals surface area contributed by atoms with E-state index < -0.39 is 0 Å². The Bertz CT molecular complexity index is 1190. The van der Waals surface area contributed by atoms with Crippen LogP contribution >= 0.6 is 11.8 Å². The normalized spacial score (nSPS) is 10.7. The van der Waals surface area contributed by atoms with Gasteiger partial charge < -0.3 is 14.6 Å². The summed E-state index contributed by atoms with van der Waals surface area (Å²) in [5.41, 5.74) is 3.03. The van der Waals surface area contributed by atoms with E-state index in [0.29, 0.717) is 17.3 Å². The van der Waals surface area contributed by atoms with Crippen LogP contribution < -0.4 is 10.1 Å². The Morgan fingerprint density at radius 1 is 0.969 bits per heavy atom. The molecule has 0 aliphatic carbocycles. The van der Waals surface area contributed by atoms with Crippen LogP contribution in [0.3, 0.4) is 0 Å². The number of hydrogen-bond donors (Lipinski definition) is 1. The molecule has 0 radical (unpaired) electrons. The standard InChI is InChI=1S/C25H24N4O2S/c1-18-7-6-10-22(15-18)31-21-13-11-20(12-14-21)26-24(30)17-32-25-28-27-23(29(25)2)16-19-8-4-3-5-9-19/h3-15H,16-17H2,1-2H3,(H,26,30). The van der Waals surface area contributed by atoms with Gasteiger partial charge in [-0.3, -0.25) is 4.79 Å². The molecule has 1 N–H and O–H groups in total. The first kappa shape index (κ1) is 21.6. The first-order chi connectivity index (χ1) is 15.6. The lowest BCUT2D eigenvalue weighted by Crippen LogP contribution is -2.14. The highest BCUT2D eigenvalue weighted by molar-refractivity contribution is 7.99. The summed E-state index contributed by atoms with van der Waals surface area (Å²) in [6.45, 7) is 2.02. The summed E-state index contributed by atoms with van der Waals surface area (Å²) in [5, 5.41) is 12.1. The third-order valence-corrected chi connectivity index (χ3v) is 5.85. The third kappa shape index (κ3) is 5.76. The number of carbonyl (C=O) groups excluding carboxylic acids is 1. The molecule has 1 aromatic heterocycles. The molecule has 0 bridgehead atoms. The third-order valence-electron chi connectivity index (χ3n) is 4.83. The lowest BCUT2D eigenvalue weighted by molar-refractivity contribution is -0.113. The number of nitrogens with one attached hydrogen (secondary N) is 1. The second-order valence-corrected chi connectivity index (χ2v) is 8.34. The number of rotatable bonds is 8. The largest absolute Gasteiger partial charge is 0.457 e. The van der Waals surface area contributed by atoms with Crippen molar-refractivity contribution in [1.29, 1.82) is 0 Å². The molecule has 4 aromatic rings. The van der Waals surface area contributed by atoms with Gasteiger partial charge in [-0.05, 0) is 54.4 Å². The van der Waals surface area contributed by atoms with E-state index in [-0.39, 0.29) is 11.7 Å². The summed E-state index contributed by atoms with van der Waals surface area (Å²) < 4.78 is 7.78. The Morgan fingerprint density at radius 3 is 2.50 bits per heavy atom. The topological polar surface area (TPSA) is 69.0 Å². The zero-order chi connectivity index (χ0) is 22.3. The van der Waals surface area contributed by atoms with Gasteiger partial charge in [0.05, 0.1) is 5.75 Å². The fraction of sp³-hybridized carbons (Fsp3) is 0.160. The Labute approximate surface area is 191 Å². The van der Waals surface area contributed by atoms with Gasteiger partial charge in [-0.1, -0.05) is 54.2 Å². The van der Waals surface area contributed by atoms with E-state index in [1.165, 1.54) is 17.3 Å². The van der Waals surface area contributed by atoms with Gasteiger partial charge in [0.2, 0.25) is 5.91 Å². The van der Waals surface area contributed by atoms with Crippen LogP contribution in [0.4, 0.5) is 5.69 Å². The number of amides is 1. The van der Waals surface area contributed by atoms with Crippen LogP contribution in [0.15, 0.2) is 84.0 Å². The van der Waals surface area contributed by atoms with Crippen molar-refractivity contribution in [2.24, 2.45) is 7.05 Å². The summed E-state index contributed by atoms with van der Waals surface area (Å²) in [5.74, 6) is 2.51. The number of nitrogens with zero attached hydrogens (tertiary/aromatic N) is 3. The van der Waals surface area contributed by atoms with Crippen molar-refractivity contribution in [2.45, 2.75) is 18.5 Å². The average Bonchev–Trinajstić information content (AvgIpc) is 3.13. The van der Waals surface area contributed by atoms with E-state index in [1.807, 2.05) is 85.3 Å². The second-order valence-electron chi connectivity index (χ2n) is 7.40. The van der Waals surface area contributed by atoms with E-state index in [1.54, 1.807) is 0 Å². The Morgan fingerprint density at radius 2 is 1.75 bits per heavy atom. The maximum absolute atomic E-state index is 12.4. The van der Waals surface area contributed by atoms with Crippen molar-refractivity contribution in [3.63, 3.8) is 0 Å². The molecule has 1 amide bonds. The van der Waals surface area contributed by atoms with Crippen molar-refractivity contribution in [1.82, 2.24) is 14.8 Å². The van der Waals surface area contributed by atoms with E-state index in [4.69, 9.17) is 4.74 Å². The minimum atomic E-state index is -0.102. The van der Waals surface area contributed by atoms with Crippen LogP contribution in [0.2, 0.25) is 0 Å².